The van der Waals surface area contributed by atoms with E-state index in [1.807, 2.05) is 6.07 Å². The van der Waals surface area contributed by atoms with Gasteiger partial charge in [0.2, 0.25) is 0 Å². The van der Waals surface area contributed by atoms with Crippen molar-refractivity contribution in [3.63, 3.8) is 0 Å². The van der Waals surface area contributed by atoms with Gasteiger partial charge < -0.3 is 15.8 Å². The molecule has 1 atom stereocenters. The molecule has 6 nitrogen and oxygen atoms in total. The number of amides is 1. The molecule has 2 rings (SSSR count). The highest BCUT2D eigenvalue weighted by Gasteiger charge is 2.21. The third kappa shape index (κ3) is 4.12. The molecule has 2 aromatic carbocycles. The smallest absolute Gasteiger partial charge is 0.341 e. The fraction of sp³-hybridized carbons (Fsp3) is 0.118. The minimum atomic E-state index is -1.05. The van der Waals surface area contributed by atoms with Gasteiger partial charge in [-0.05, 0) is 37.3 Å². The lowest BCUT2D eigenvalue weighted by atomic mass is 10.2. The van der Waals surface area contributed by atoms with E-state index in [0.717, 1.165) is 0 Å². The Balaban J connectivity index is 2.07. The number of rotatable bonds is 4. The van der Waals surface area contributed by atoms with Crippen molar-refractivity contribution in [2.75, 3.05) is 11.1 Å². The summed E-state index contributed by atoms with van der Waals surface area (Å²) in [5.41, 5.74) is 6.84. The first-order chi connectivity index (χ1) is 11.4. The van der Waals surface area contributed by atoms with Crippen LogP contribution in [0.15, 0.2) is 46.9 Å². The number of esters is 1. The van der Waals surface area contributed by atoms with Gasteiger partial charge in [0, 0.05) is 10.2 Å². The second-order valence-electron chi connectivity index (χ2n) is 4.93. The standard InChI is InChI=1S/C17H14BrN3O3/c1-10(16(22)21-15-5-3-2-4-11(15)9-19)24-17(23)13-8-12(18)6-7-14(13)20/h2-8,10H,20H2,1H3,(H,21,22)/t10-/m1/s1. The molecule has 0 saturated carbocycles. The molecule has 0 fully saturated rings. The molecule has 0 unspecified atom stereocenters. The summed E-state index contributed by atoms with van der Waals surface area (Å²) in [6, 6.07) is 13.3. The van der Waals surface area contributed by atoms with Gasteiger partial charge in [-0.25, -0.2) is 4.79 Å². The highest BCUT2D eigenvalue weighted by molar-refractivity contribution is 9.10. The van der Waals surface area contributed by atoms with Crippen LogP contribution in [0.25, 0.3) is 0 Å². The second kappa shape index (κ2) is 7.62. The Hall–Kier alpha value is -2.85. The van der Waals surface area contributed by atoms with E-state index in [2.05, 4.69) is 21.2 Å². The Kier molecular flexibility index (Phi) is 5.55. The van der Waals surface area contributed by atoms with Gasteiger partial charge in [0.25, 0.3) is 5.91 Å². The summed E-state index contributed by atoms with van der Waals surface area (Å²) in [7, 11) is 0. The van der Waals surface area contributed by atoms with Gasteiger partial charge in [-0.2, -0.15) is 5.26 Å². The average Bonchev–Trinajstić information content (AvgIpc) is 2.57. The van der Waals surface area contributed by atoms with Gasteiger partial charge in [0.15, 0.2) is 6.10 Å². The van der Waals surface area contributed by atoms with Crippen molar-refractivity contribution in [3.05, 3.63) is 58.1 Å². The maximum atomic E-state index is 12.2. The predicted octanol–water partition coefficient (Wildman–Crippen LogP) is 3.09. The van der Waals surface area contributed by atoms with E-state index in [9.17, 15) is 9.59 Å². The maximum absolute atomic E-state index is 12.2. The molecule has 0 bridgehead atoms. The molecule has 3 N–H and O–H groups in total. The van der Waals surface area contributed by atoms with Gasteiger partial charge in [0.05, 0.1) is 16.8 Å². The van der Waals surface area contributed by atoms with Crippen LogP contribution in [0.5, 0.6) is 0 Å². The van der Waals surface area contributed by atoms with E-state index in [-0.39, 0.29) is 11.3 Å². The van der Waals surface area contributed by atoms with Crippen molar-refractivity contribution in [3.8, 4) is 6.07 Å². The summed E-state index contributed by atoms with van der Waals surface area (Å²) in [6.07, 6.45) is -1.05. The summed E-state index contributed by atoms with van der Waals surface area (Å²) in [4.78, 5) is 24.3. The molecule has 0 aromatic heterocycles. The number of nitrogens with two attached hydrogens (primary N) is 1. The molecular weight excluding hydrogens is 374 g/mol. The zero-order valence-electron chi connectivity index (χ0n) is 12.7. The van der Waals surface area contributed by atoms with Gasteiger partial charge in [-0.1, -0.05) is 28.1 Å². The summed E-state index contributed by atoms with van der Waals surface area (Å²) >= 11 is 3.25. The molecule has 0 aliphatic carbocycles. The van der Waals surface area contributed by atoms with Crippen LogP contribution in [0.2, 0.25) is 0 Å². The molecule has 0 spiro atoms. The van der Waals surface area contributed by atoms with Crippen molar-refractivity contribution in [1.82, 2.24) is 0 Å². The number of carbonyl (C=O) groups excluding carboxylic acids is 2. The number of ether oxygens (including phenoxy) is 1. The topological polar surface area (TPSA) is 105 Å². The Labute approximate surface area is 147 Å². The molecule has 2 aromatic rings. The summed E-state index contributed by atoms with van der Waals surface area (Å²) < 4.78 is 5.82. The molecule has 0 aliphatic heterocycles. The first-order valence-electron chi connectivity index (χ1n) is 6.98. The van der Waals surface area contributed by atoms with E-state index in [1.165, 1.54) is 13.0 Å². The third-order valence-electron chi connectivity index (χ3n) is 3.19. The SMILES string of the molecule is C[C@@H](OC(=O)c1cc(Br)ccc1N)C(=O)Nc1ccccc1C#N. The molecule has 7 heteroatoms. The van der Waals surface area contributed by atoms with Crippen LogP contribution < -0.4 is 11.1 Å². The van der Waals surface area contributed by atoms with Gasteiger partial charge in [-0.15, -0.1) is 0 Å². The minimum Gasteiger partial charge on any atom is -0.449 e. The van der Waals surface area contributed by atoms with E-state index < -0.39 is 18.0 Å². The maximum Gasteiger partial charge on any atom is 0.341 e. The van der Waals surface area contributed by atoms with Crippen LogP contribution in [-0.4, -0.2) is 18.0 Å². The van der Waals surface area contributed by atoms with Crippen LogP contribution in [0.3, 0.4) is 0 Å². The molecule has 24 heavy (non-hydrogen) atoms. The zero-order chi connectivity index (χ0) is 17.7. The second-order valence-corrected chi connectivity index (χ2v) is 5.84. The fourth-order valence-electron chi connectivity index (χ4n) is 1.91. The van der Waals surface area contributed by atoms with Gasteiger partial charge in [0.1, 0.15) is 6.07 Å². The van der Waals surface area contributed by atoms with E-state index in [0.29, 0.717) is 15.7 Å². The first-order valence-corrected chi connectivity index (χ1v) is 7.77. The Bertz CT molecular complexity index is 830. The van der Waals surface area contributed by atoms with Crippen LogP contribution in [0.1, 0.15) is 22.8 Å². The number of carbonyl (C=O) groups is 2. The van der Waals surface area contributed by atoms with Crippen molar-refractivity contribution < 1.29 is 14.3 Å². The van der Waals surface area contributed by atoms with Crippen LogP contribution >= 0.6 is 15.9 Å². The highest BCUT2D eigenvalue weighted by atomic mass is 79.9. The number of para-hydroxylation sites is 1. The van der Waals surface area contributed by atoms with Gasteiger partial charge >= 0.3 is 5.97 Å². The molecule has 0 aliphatic rings. The number of anilines is 2. The number of nitriles is 1. The summed E-state index contributed by atoms with van der Waals surface area (Å²) in [6.45, 7) is 1.44. The monoisotopic (exact) mass is 387 g/mol. The number of nitrogens with zero attached hydrogens (tertiary/aromatic N) is 1. The van der Waals surface area contributed by atoms with E-state index in [4.69, 9.17) is 15.7 Å². The lowest BCUT2D eigenvalue weighted by Gasteiger charge is -2.15. The zero-order valence-corrected chi connectivity index (χ0v) is 14.3. The number of hydrogen-bond acceptors (Lipinski definition) is 5. The van der Waals surface area contributed by atoms with Crippen LogP contribution in [0, 0.1) is 11.3 Å². The molecule has 0 saturated heterocycles. The van der Waals surface area contributed by atoms with Crippen LogP contribution in [-0.2, 0) is 9.53 Å². The van der Waals surface area contributed by atoms with Crippen molar-refractivity contribution in [2.45, 2.75) is 13.0 Å². The Morgan fingerprint density at radius 2 is 2.00 bits per heavy atom. The molecule has 0 radical (unpaired) electrons. The lowest BCUT2D eigenvalue weighted by molar-refractivity contribution is -0.123. The Morgan fingerprint density at radius 3 is 2.71 bits per heavy atom. The average molecular weight is 388 g/mol. The first kappa shape index (κ1) is 17.5. The highest BCUT2D eigenvalue weighted by Crippen LogP contribution is 2.20. The quantitative estimate of drug-likeness (QED) is 0.619. The number of nitrogen functional groups attached to an aromatic ring is 1. The van der Waals surface area contributed by atoms with E-state index >= 15 is 0 Å². The number of nitrogens with one attached hydrogen (secondary N) is 1. The summed E-state index contributed by atoms with van der Waals surface area (Å²) in [5, 5.41) is 11.6. The molecular formula is C17H14BrN3O3. The largest absolute Gasteiger partial charge is 0.449 e. The Morgan fingerprint density at radius 1 is 1.29 bits per heavy atom. The van der Waals surface area contributed by atoms with E-state index in [1.54, 1.807) is 36.4 Å². The lowest BCUT2D eigenvalue weighted by Crippen LogP contribution is -2.30. The van der Waals surface area contributed by atoms with Crippen molar-refractivity contribution in [1.29, 1.82) is 5.26 Å². The molecule has 1 amide bonds. The number of halogens is 1. The third-order valence-corrected chi connectivity index (χ3v) is 3.69. The molecule has 122 valence electrons. The number of hydrogen-bond donors (Lipinski definition) is 2. The van der Waals surface area contributed by atoms with Crippen molar-refractivity contribution >= 4 is 39.2 Å². The minimum absolute atomic E-state index is 0.168. The van der Waals surface area contributed by atoms with Crippen molar-refractivity contribution in [2.24, 2.45) is 0 Å². The molecule has 0 heterocycles. The predicted molar refractivity (Wildman–Crippen MR) is 93.2 cm³/mol. The van der Waals surface area contributed by atoms with Crippen LogP contribution in [0.4, 0.5) is 11.4 Å². The van der Waals surface area contributed by atoms with Gasteiger partial charge in [-0.3, -0.25) is 4.79 Å². The summed E-state index contributed by atoms with van der Waals surface area (Å²) in [5.74, 6) is -1.25. The normalized spacial score (nSPS) is 11.2. The number of benzene rings is 2. The fourth-order valence-corrected chi connectivity index (χ4v) is 2.27.